The van der Waals surface area contributed by atoms with Crippen LogP contribution < -0.4 is 0 Å². The van der Waals surface area contributed by atoms with Gasteiger partial charge in [0.1, 0.15) is 0 Å². The van der Waals surface area contributed by atoms with Crippen molar-refractivity contribution in [1.29, 1.82) is 0 Å². The molecule has 124 valence electrons. The molecule has 0 unspecified atom stereocenters. The van der Waals surface area contributed by atoms with E-state index in [-0.39, 0.29) is 29.3 Å². The van der Waals surface area contributed by atoms with Gasteiger partial charge in [-0.2, -0.15) is 18.3 Å². The van der Waals surface area contributed by atoms with Crippen molar-refractivity contribution in [3.8, 4) is 0 Å². The Morgan fingerprint density at radius 3 is 2.78 bits per heavy atom. The number of hydrogen-bond acceptors (Lipinski definition) is 3. The van der Waals surface area contributed by atoms with E-state index >= 15 is 0 Å². The third-order valence-electron chi connectivity index (χ3n) is 3.81. The maximum absolute atomic E-state index is 12.6. The topological polar surface area (TPSA) is 51.3 Å². The third-order valence-corrected chi connectivity index (χ3v) is 4.10. The van der Waals surface area contributed by atoms with Crippen LogP contribution in [0.1, 0.15) is 34.9 Å². The van der Waals surface area contributed by atoms with Crippen molar-refractivity contribution in [3.05, 3.63) is 41.1 Å². The fourth-order valence-corrected chi connectivity index (χ4v) is 2.86. The molecule has 0 radical (unpaired) electrons. The zero-order valence-electron chi connectivity index (χ0n) is 11.9. The molecule has 2 aromatic heterocycles. The van der Waals surface area contributed by atoms with Gasteiger partial charge in [0.2, 0.25) is 5.22 Å². The van der Waals surface area contributed by atoms with Crippen LogP contribution in [0.2, 0.25) is 5.22 Å². The summed E-state index contributed by atoms with van der Waals surface area (Å²) in [4.78, 5) is 14.0. The number of piperidine rings is 1. The molecule has 1 amide bonds. The van der Waals surface area contributed by atoms with E-state index in [1.54, 1.807) is 4.90 Å². The average molecular weight is 348 g/mol. The standard InChI is InChI=1S/C14H13ClF3N3O2/c15-12-10(4-7-23-12)13(22)20-5-1-2-9(8-20)21-6-3-11(19-21)14(16,17)18/h3-4,6-7,9H,1-2,5,8H2/t9-/m0/s1. The minimum atomic E-state index is -4.47. The van der Waals surface area contributed by atoms with Gasteiger partial charge in [-0.15, -0.1) is 0 Å². The van der Waals surface area contributed by atoms with Gasteiger partial charge in [0.25, 0.3) is 5.91 Å². The van der Waals surface area contributed by atoms with Crippen LogP contribution >= 0.6 is 11.6 Å². The SMILES string of the molecule is O=C(c1ccoc1Cl)N1CCC[C@H](n2ccc(C(F)(F)F)n2)C1. The highest BCUT2D eigenvalue weighted by molar-refractivity contribution is 6.32. The molecule has 9 heteroatoms. The number of aromatic nitrogens is 2. The summed E-state index contributed by atoms with van der Waals surface area (Å²) < 4.78 is 44.1. The summed E-state index contributed by atoms with van der Waals surface area (Å²) in [6, 6.07) is 2.12. The number of furan rings is 1. The Morgan fingerprint density at radius 1 is 1.39 bits per heavy atom. The van der Waals surface area contributed by atoms with Gasteiger partial charge in [0, 0.05) is 19.3 Å². The van der Waals surface area contributed by atoms with Crippen LogP contribution in [0.25, 0.3) is 0 Å². The predicted octanol–water partition coefficient (Wildman–Crippen LogP) is 3.63. The van der Waals surface area contributed by atoms with Crippen LogP contribution in [0.15, 0.2) is 29.0 Å². The highest BCUT2D eigenvalue weighted by Crippen LogP contribution is 2.30. The van der Waals surface area contributed by atoms with Gasteiger partial charge in [-0.3, -0.25) is 9.48 Å². The molecule has 1 aliphatic rings. The summed E-state index contributed by atoms with van der Waals surface area (Å²) in [6.45, 7) is 0.795. The Hall–Kier alpha value is -1.96. The lowest BCUT2D eigenvalue weighted by atomic mass is 10.1. The molecule has 0 aromatic carbocycles. The van der Waals surface area contributed by atoms with E-state index in [0.717, 1.165) is 6.07 Å². The first kappa shape index (κ1) is 15.9. The number of amides is 1. The number of halogens is 4. The fourth-order valence-electron chi connectivity index (χ4n) is 2.66. The number of carbonyl (C=O) groups is 1. The van der Waals surface area contributed by atoms with Crippen molar-refractivity contribution in [3.63, 3.8) is 0 Å². The van der Waals surface area contributed by atoms with Gasteiger partial charge in [0.05, 0.1) is 17.9 Å². The summed E-state index contributed by atoms with van der Waals surface area (Å²) in [5, 5.41) is 3.60. The number of nitrogens with zero attached hydrogens (tertiary/aromatic N) is 3. The molecule has 23 heavy (non-hydrogen) atoms. The van der Waals surface area contributed by atoms with Gasteiger partial charge < -0.3 is 9.32 Å². The van der Waals surface area contributed by atoms with Crippen LogP contribution in [0.3, 0.4) is 0 Å². The second-order valence-corrected chi connectivity index (χ2v) is 5.68. The fraction of sp³-hybridized carbons (Fsp3) is 0.429. The Kier molecular flexibility index (Phi) is 4.09. The maximum Gasteiger partial charge on any atom is 0.435 e. The van der Waals surface area contributed by atoms with Gasteiger partial charge in [-0.1, -0.05) is 0 Å². The van der Waals surface area contributed by atoms with Crippen molar-refractivity contribution in [2.45, 2.75) is 25.1 Å². The molecule has 1 fully saturated rings. The quantitative estimate of drug-likeness (QED) is 0.833. The van der Waals surface area contributed by atoms with Crippen molar-refractivity contribution in [2.75, 3.05) is 13.1 Å². The van der Waals surface area contributed by atoms with Crippen LogP contribution in [-0.4, -0.2) is 33.7 Å². The summed E-state index contributed by atoms with van der Waals surface area (Å²) in [5.74, 6) is -0.295. The molecular formula is C14H13ClF3N3O2. The lowest BCUT2D eigenvalue weighted by molar-refractivity contribution is -0.141. The van der Waals surface area contributed by atoms with E-state index in [0.29, 0.717) is 19.4 Å². The molecule has 0 bridgehead atoms. The number of carbonyl (C=O) groups excluding carboxylic acids is 1. The number of rotatable bonds is 2. The van der Waals surface area contributed by atoms with Crippen LogP contribution in [-0.2, 0) is 6.18 Å². The molecule has 0 spiro atoms. The molecule has 1 atom stereocenters. The van der Waals surface area contributed by atoms with Crippen LogP contribution in [0.4, 0.5) is 13.2 Å². The van der Waals surface area contributed by atoms with Crippen LogP contribution in [0.5, 0.6) is 0 Å². The Morgan fingerprint density at radius 2 is 2.17 bits per heavy atom. The molecule has 1 saturated heterocycles. The normalized spacial score (nSPS) is 19.1. The van der Waals surface area contributed by atoms with Gasteiger partial charge in [-0.25, -0.2) is 0 Å². The lowest BCUT2D eigenvalue weighted by Gasteiger charge is -2.32. The minimum absolute atomic E-state index is 0.00979. The maximum atomic E-state index is 12.6. The predicted molar refractivity (Wildman–Crippen MR) is 75.1 cm³/mol. The average Bonchev–Trinajstić information content (AvgIpc) is 3.15. The second kappa shape index (κ2) is 5.92. The smallest absolute Gasteiger partial charge is 0.435 e. The first-order valence-corrected chi connectivity index (χ1v) is 7.38. The molecule has 0 N–H and O–H groups in total. The molecule has 0 aliphatic carbocycles. The van der Waals surface area contributed by atoms with Gasteiger partial charge in [0.15, 0.2) is 5.69 Å². The van der Waals surface area contributed by atoms with E-state index in [2.05, 4.69) is 5.10 Å². The Labute approximate surface area is 134 Å². The summed E-state index contributed by atoms with van der Waals surface area (Å²) in [6.07, 6.45) is -0.527. The lowest BCUT2D eigenvalue weighted by Crippen LogP contribution is -2.40. The first-order chi connectivity index (χ1) is 10.9. The number of hydrogen-bond donors (Lipinski definition) is 0. The number of likely N-dealkylation sites (tertiary alicyclic amines) is 1. The first-order valence-electron chi connectivity index (χ1n) is 7.01. The summed E-state index contributed by atoms with van der Waals surface area (Å²) in [7, 11) is 0. The van der Waals surface area contributed by atoms with Crippen molar-refractivity contribution in [2.24, 2.45) is 0 Å². The van der Waals surface area contributed by atoms with E-state index in [4.69, 9.17) is 16.0 Å². The largest absolute Gasteiger partial charge is 0.452 e. The molecule has 0 saturated carbocycles. The van der Waals surface area contributed by atoms with E-state index in [1.165, 1.54) is 23.2 Å². The molecule has 5 nitrogen and oxygen atoms in total. The molecule has 3 heterocycles. The van der Waals surface area contributed by atoms with Crippen molar-refractivity contribution >= 4 is 17.5 Å². The zero-order chi connectivity index (χ0) is 16.6. The summed E-state index contributed by atoms with van der Waals surface area (Å²) in [5.41, 5.74) is -0.678. The van der Waals surface area contributed by atoms with Crippen LogP contribution in [0, 0.1) is 0 Å². The van der Waals surface area contributed by atoms with E-state index in [9.17, 15) is 18.0 Å². The van der Waals surface area contributed by atoms with Gasteiger partial charge >= 0.3 is 6.18 Å². The van der Waals surface area contributed by atoms with Crippen molar-refractivity contribution < 1.29 is 22.4 Å². The highest BCUT2D eigenvalue weighted by atomic mass is 35.5. The van der Waals surface area contributed by atoms with E-state index < -0.39 is 11.9 Å². The Bertz CT molecular complexity index is 710. The number of alkyl halides is 3. The molecule has 3 rings (SSSR count). The monoisotopic (exact) mass is 347 g/mol. The Balaban J connectivity index is 1.75. The molecular weight excluding hydrogens is 335 g/mol. The van der Waals surface area contributed by atoms with Gasteiger partial charge in [-0.05, 0) is 36.6 Å². The second-order valence-electron chi connectivity index (χ2n) is 5.33. The van der Waals surface area contributed by atoms with Crippen molar-refractivity contribution in [1.82, 2.24) is 14.7 Å². The van der Waals surface area contributed by atoms with E-state index in [1.807, 2.05) is 0 Å². The minimum Gasteiger partial charge on any atom is -0.452 e. The summed E-state index contributed by atoms with van der Waals surface area (Å²) >= 11 is 5.80. The molecule has 1 aliphatic heterocycles. The molecule has 2 aromatic rings. The zero-order valence-corrected chi connectivity index (χ0v) is 12.6. The third kappa shape index (κ3) is 3.21. The highest BCUT2D eigenvalue weighted by Gasteiger charge is 2.35.